The molecule has 6 aromatic rings. The average Bonchev–Trinajstić information content (AvgIpc) is 3.65. The van der Waals surface area contributed by atoms with Gasteiger partial charge in [-0.25, -0.2) is 0 Å². The first kappa shape index (κ1) is 36.7. The van der Waals surface area contributed by atoms with Gasteiger partial charge in [0.15, 0.2) is 0 Å². The molecule has 4 atom stereocenters. The van der Waals surface area contributed by atoms with Crippen LogP contribution in [0.3, 0.4) is 0 Å². The van der Waals surface area contributed by atoms with Gasteiger partial charge in [-0.3, -0.25) is 0 Å². The van der Waals surface area contributed by atoms with Gasteiger partial charge >= 0.3 is 0 Å². The number of rotatable bonds is 6. The lowest BCUT2D eigenvalue weighted by atomic mass is 9.91. The smallest absolute Gasteiger partial charge is 0.0480 e. The first-order valence-electron chi connectivity index (χ1n) is 16.7. The first-order valence-corrected chi connectivity index (χ1v) is 18.2. The Morgan fingerprint density at radius 1 is 0.583 bits per heavy atom. The number of benzene rings is 4. The van der Waals surface area contributed by atoms with Crippen LogP contribution in [0.4, 0.5) is 0 Å². The van der Waals surface area contributed by atoms with Crippen LogP contribution in [0.5, 0.6) is 0 Å². The third kappa shape index (κ3) is 7.90. The molecule has 0 amide bonds. The molecule has 48 heavy (non-hydrogen) atoms. The number of halogens is 4. The molecule has 2 aliphatic rings. The molecule has 0 spiro atoms. The lowest BCUT2D eigenvalue weighted by Gasteiger charge is -2.27. The Balaban J connectivity index is 0.000000180. The second-order valence-corrected chi connectivity index (χ2v) is 14.7. The van der Waals surface area contributed by atoms with E-state index in [-0.39, 0.29) is 24.8 Å². The number of nitrogens with one attached hydrogen (secondary N) is 4. The maximum absolute atomic E-state index is 3.82. The molecule has 8 heteroatoms. The van der Waals surface area contributed by atoms with Crippen molar-refractivity contribution in [2.45, 2.75) is 76.5 Å². The summed E-state index contributed by atoms with van der Waals surface area (Å²) in [4.78, 5) is 7.33. The van der Waals surface area contributed by atoms with Gasteiger partial charge in [-0.1, -0.05) is 92.5 Å². The highest BCUT2D eigenvalue weighted by Crippen LogP contribution is 2.38. The molecule has 2 heterocycles. The third-order valence-corrected chi connectivity index (χ3v) is 10.8. The van der Waals surface area contributed by atoms with Crippen molar-refractivity contribution >= 4 is 78.5 Å². The summed E-state index contributed by atoms with van der Waals surface area (Å²) < 4.78 is 2.30. The molecule has 0 saturated carbocycles. The summed E-state index contributed by atoms with van der Waals surface area (Å²) >= 11 is 7.20. The number of hydrogen-bond donors (Lipinski definition) is 4. The minimum atomic E-state index is 0. The van der Waals surface area contributed by atoms with Gasteiger partial charge in [0.25, 0.3) is 0 Å². The summed E-state index contributed by atoms with van der Waals surface area (Å²) in [5.74, 6) is 0. The van der Waals surface area contributed by atoms with Crippen molar-refractivity contribution in [3.8, 4) is 0 Å². The van der Waals surface area contributed by atoms with E-state index in [2.05, 4.69) is 163 Å². The highest BCUT2D eigenvalue weighted by atomic mass is 79.9. The van der Waals surface area contributed by atoms with Crippen molar-refractivity contribution in [1.82, 2.24) is 20.6 Å². The van der Waals surface area contributed by atoms with Gasteiger partial charge in [-0.15, -0.1) is 24.8 Å². The normalized spacial score (nSPS) is 18.0. The summed E-state index contributed by atoms with van der Waals surface area (Å²) in [6.07, 6.45) is 7.21. The molecule has 4 aromatic carbocycles. The lowest BCUT2D eigenvalue weighted by molar-refractivity contribution is 0.410. The fraction of sp³-hybridized carbons (Fsp3) is 0.300. The monoisotopic (exact) mass is 808 g/mol. The molecule has 8 rings (SSSR count). The van der Waals surface area contributed by atoms with E-state index in [4.69, 9.17) is 0 Å². The van der Waals surface area contributed by atoms with E-state index in [1.807, 2.05) is 0 Å². The van der Waals surface area contributed by atoms with E-state index in [0.29, 0.717) is 24.2 Å². The van der Waals surface area contributed by atoms with Crippen molar-refractivity contribution in [3.63, 3.8) is 0 Å². The standard InChI is InChI=1S/2C20H21BrN2.2ClH/c2*1-13(14-6-3-2-4-7-14)22-19-9-5-8-16-17-12-15(21)10-11-18(17)23-20(16)19;;/h2*2-4,6-7,10-13,19,22-23H,5,8-9H2,1H3;2*1H/t13-,19?;13-,19-;;/m11../s1. The van der Waals surface area contributed by atoms with Crippen LogP contribution in [-0.4, -0.2) is 9.97 Å². The zero-order valence-corrected chi connectivity index (χ0v) is 32.2. The predicted molar refractivity (Wildman–Crippen MR) is 214 cm³/mol. The Morgan fingerprint density at radius 3 is 1.38 bits per heavy atom. The van der Waals surface area contributed by atoms with E-state index in [1.165, 1.54) is 94.0 Å². The van der Waals surface area contributed by atoms with Crippen LogP contribution in [0.1, 0.15) is 97.3 Å². The van der Waals surface area contributed by atoms with Crippen LogP contribution in [0.25, 0.3) is 21.8 Å². The number of aromatic amines is 2. The Bertz CT molecular complexity index is 1800. The van der Waals surface area contributed by atoms with E-state index in [9.17, 15) is 0 Å². The van der Waals surface area contributed by atoms with Crippen LogP contribution in [0.2, 0.25) is 0 Å². The Kier molecular flexibility index (Phi) is 12.6. The predicted octanol–water partition coefficient (Wildman–Crippen LogP) is 12.2. The van der Waals surface area contributed by atoms with Crippen molar-refractivity contribution in [2.24, 2.45) is 0 Å². The topological polar surface area (TPSA) is 55.6 Å². The van der Waals surface area contributed by atoms with Crippen LogP contribution in [-0.2, 0) is 12.8 Å². The van der Waals surface area contributed by atoms with Gasteiger partial charge in [0.1, 0.15) is 0 Å². The SMILES string of the molecule is C[C@@H](NC1CCCc2c1[nH]c1ccc(Br)cc21)c1ccccc1.C[C@@H](N[C@@H]1CCCc2c1[nH]c1ccc(Br)cc21)c1ccccc1.Cl.Cl. The molecule has 0 saturated heterocycles. The fourth-order valence-corrected chi connectivity index (χ4v) is 8.20. The minimum absolute atomic E-state index is 0. The quantitative estimate of drug-likeness (QED) is 0.135. The van der Waals surface area contributed by atoms with Crippen molar-refractivity contribution < 1.29 is 0 Å². The van der Waals surface area contributed by atoms with Crippen LogP contribution < -0.4 is 10.6 Å². The zero-order valence-electron chi connectivity index (χ0n) is 27.4. The van der Waals surface area contributed by atoms with Gasteiger partial charge in [0.05, 0.1) is 0 Å². The summed E-state index contributed by atoms with van der Waals surface area (Å²) in [5.41, 5.74) is 10.9. The van der Waals surface area contributed by atoms with Gasteiger partial charge in [0, 0.05) is 66.3 Å². The van der Waals surface area contributed by atoms with Crippen LogP contribution in [0, 0.1) is 0 Å². The molecular weight excluding hydrogens is 767 g/mol. The molecule has 2 aromatic heterocycles. The molecule has 252 valence electrons. The Labute approximate surface area is 313 Å². The largest absolute Gasteiger partial charge is 0.357 e. The van der Waals surface area contributed by atoms with Crippen LogP contribution in [0.15, 0.2) is 106 Å². The molecular formula is C40H44Br2Cl2N4. The molecule has 1 unspecified atom stereocenters. The highest BCUT2D eigenvalue weighted by Gasteiger charge is 2.27. The summed E-state index contributed by atoms with van der Waals surface area (Å²) in [7, 11) is 0. The zero-order chi connectivity index (χ0) is 31.6. The van der Waals surface area contributed by atoms with Crippen molar-refractivity contribution in [1.29, 1.82) is 0 Å². The van der Waals surface area contributed by atoms with Crippen molar-refractivity contribution in [2.75, 3.05) is 0 Å². The van der Waals surface area contributed by atoms with Gasteiger partial charge in [-0.2, -0.15) is 0 Å². The number of aromatic nitrogens is 2. The molecule has 4 N–H and O–H groups in total. The molecule has 0 bridgehead atoms. The summed E-state index contributed by atoms with van der Waals surface area (Å²) in [5, 5.41) is 10.4. The number of hydrogen-bond acceptors (Lipinski definition) is 2. The Hall–Kier alpha value is -2.58. The van der Waals surface area contributed by atoms with E-state index in [0.717, 1.165) is 8.95 Å². The molecule has 0 radical (unpaired) electrons. The molecule has 0 fully saturated rings. The third-order valence-electron chi connectivity index (χ3n) is 9.84. The fourth-order valence-electron chi connectivity index (χ4n) is 7.48. The number of aryl methyl sites for hydroxylation is 2. The van der Waals surface area contributed by atoms with Gasteiger partial charge < -0.3 is 20.6 Å². The molecule has 2 aliphatic carbocycles. The van der Waals surface area contributed by atoms with E-state index in [1.54, 1.807) is 0 Å². The maximum atomic E-state index is 3.82. The maximum Gasteiger partial charge on any atom is 0.0480 e. The van der Waals surface area contributed by atoms with Gasteiger partial charge in [0.2, 0.25) is 0 Å². The minimum Gasteiger partial charge on any atom is -0.357 e. The second kappa shape index (κ2) is 16.4. The average molecular weight is 812 g/mol. The van der Waals surface area contributed by atoms with Crippen LogP contribution >= 0.6 is 56.7 Å². The highest BCUT2D eigenvalue weighted by molar-refractivity contribution is 9.10. The van der Waals surface area contributed by atoms with Gasteiger partial charge in [-0.05, 0) is 111 Å². The van der Waals surface area contributed by atoms with Crippen molar-refractivity contribution in [3.05, 3.63) is 140 Å². The molecule has 0 aliphatic heterocycles. The summed E-state index contributed by atoms with van der Waals surface area (Å²) in [6, 6.07) is 36.0. The Morgan fingerprint density at radius 2 is 0.979 bits per heavy atom. The number of H-pyrrole nitrogens is 2. The molecule has 4 nitrogen and oxygen atoms in total. The first-order chi connectivity index (χ1) is 22.4. The number of fused-ring (bicyclic) bond motifs is 6. The van der Waals surface area contributed by atoms with E-state index < -0.39 is 0 Å². The van der Waals surface area contributed by atoms with E-state index >= 15 is 0 Å². The summed E-state index contributed by atoms with van der Waals surface area (Å²) in [6.45, 7) is 4.51. The second-order valence-electron chi connectivity index (χ2n) is 12.9. The lowest BCUT2D eigenvalue weighted by Crippen LogP contribution is -2.27.